The van der Waals surface area contributed by atoms with E-state index in [-0.39, 0.29) is 54.5 Å². The number of fused-ring (bicyclic) bond motifs is 9. The number of ether oxygens (including phenoxy) is 6. The molecule has 7 aliphatic heterocycles. The average Bonchev–Trinajstić information content (AvgIpc) is 3.62. The first-order chi connectivity index (χ1) is 25.9. The first-order valence-electron chi connectivity index (χ1n) is 18.3. The Labute approximate surface area is 318 Å². The number of hydrogen-bond donors (Lipinski definition) is 2. The highest BCUT2D eigenvalue weighted by molar-refractivity contribution is 7.99. The van der Waals surface area contributed by atoms with Gasteiger partial charge in [-0.2, -0.15) is 0 Å². The monoisotopic (exact) mass is 759 g/mol. The van der Waals surface area contributed by atoms with Crippen LogP contribution in [-0.2, 0) is 32.7 Å². The number of carbonyl (C=O) groups is 2. The minimum absolute atomic E-state index is 0.00757. The number of likely N-dealkylation sites (N-methyl/N-ethyl adjacent to an activating group) is 2. The summed E-state index contributed by atoms with van der Waals surface area (Å²) in [5, 5.41) is 22.4. The molecule has 0 amide bonds. The van der Waals surface area contributed by atoms with Gasteiger partial charge >= 0.3 is 11.9 Å². The van der Waals surface area contributed by atoms with Crippen molar-refractivity contribution in [2.75, 3.05) is 60.6 Å². The molecule has 0 radical (unpaired) electrons. The number of rotatable bonds is 3. The zero-order valence-corrected chi connectivity index (χ0v) is 32.3. The quantitative estimate of drug-likeness (QED) is 0.288. The summed E-state index contributed by atoms with van der Waals surface area (Å²) >= 11 is 1.60. The fourth-order valence-corrected chi connectivity index (χ4v) is 12.0. The zero-order valence-electron chi connectivity index (χ0n) is 31.5. The molecule has 286 valence electrons. The molecule has 3 aromatic rings. The van der Waals surface area contributed by atoms with Crippen LogP contribution < -0.4 is 23.7 Å². The van der Waals surface area contributed by atoms with Crippen molar-refractivity contribution in [2.45, 2.75) is 68.6 Å². The Hall–Kier alpha value is -4.37. The summed E-state index contributed by atoms with van der Waals surface area (Å²) in [6, 6.07) is 4.56. The Morgan fingerprint density at radius 1 is 0.981 bits per heavy atom. The van der Waals surface area contributed by atoms with Crippen molar-refractivity contribution in [3.8, 4) is 40.2 Å². The van der Waals surface area contributed by atoms with Gasteiger partial charge in [-0.05, 0) is 75.2 Å². The lowest BCUT2D eigenvalue weighted by molar-refractivity contribution is -0.162. The molecule has 0 saturated carbocycles. The lowest BCUT2D eigenvalue weighted by Gasteiger charge is -2.60. The molecule has 7 aliphatic rings. The molecule has 6 atom stereocenters. The Morgan fingerprint density at radius 2 is 1.76 bits per heavy atom. The molecule has 13 nitrogen and oxygen atoms in total. The first kappa shape index (κ1) is 35.3. The molecule has 7 heterocycles. The summed E-state index contributed by atoms with van der Waals surface area (Å²) < 4.78 is 36.4. The standard InChI is InChI=1S/C40H45N3O10S/c1-18-10-22-11-23-14-43-25-15-50-39(47)40(24-13-27(48-6)26(45)12-21(24)8-9-41(40)4)16-54-38(32(43)31(42(23)5)28(22)33(46)34(18)49-7)30-29(25)37-36(51-17-52-37)19(2)35(30)53-20(3)44/h10,12-13,23,25,31-32,38,45-46H,8-9,11,14-17H2,1-7H3/t23-,25-,31+,32?,38+,40+/m0/s1. The molecule has 14 heteroatoms. The van der Waals surface area contributed by atoms with Gasteiger partial charge < -0.3 is 38.6 Å². The van der Waals surface area contributed by atoms with E-state index in [9.17, 15) is 19.8 Å². The van der Waals surface area contributed by atoms with Crippen molar-refractivity contribution >= 4 is 23.7 Å². The predicted octanol–water partition coefficient (Wildman–Crippen LogP) is 4.44. The number of esters is 2. The third-order valence-corrected chi connectivity index (χ3v) is 14.2. The molecule has 2 fully saturated rings. The second kappa shape index (κ2) is 12.6. The van der Waals surface area contributed by atoms with Crippen LogP contribution in [0.2, 0.25) is 0 Å². The zero-order chi connectivity index (χ0) is 38.0. The minimum atomic E-state index is -1.25. The summed E-state index contributed by atoms with van der Waals surface area (Å²) in [4.78, 5) is 34.7. The normalized spacial score (nSPS) is 28.4. The van der Waals surface area contributed by atoms with Crippen molar-refractivity contribution in [1.29, 1.82) is 0 Å². The number of phenolic OH excluding ortho intramolecular Hbond substituents is 2. The second-order valence-corrected chi connectivity index (χ2v) is 16.4. The second-order valence-electron chi connectivity index (χ2n) is 15.3. The molecule has 0 aromatic heterocycles. The maximum atomic E-state index is 14.9. The number of piperazine rings is 1. The van der Waals surface area contributed by atoms with Gasteiger partial charge in [0.05, 0.1) is 31.6 Å². The van der Waals surface area contributed by atoms with Gasteiger partial charge in [-0.1, -0.05) is 6.07 Å². The van der Waals surface area contributed by atoms with E-state index in [2.05, 4.69) is 22.9 Å². The highest BCUT2D eigenvalue weighted by Gasteiger charge is 2.59. The van der Waals surface area contributed by atoms with E-state index in [4.69, 9.17) is 28.4 Å². The molecule has 2 saturated heterocycles. The van der Waals surface area contributed by atoms with Crippen LogP contribution in [0.15, 0.2) is 18.2 Å². The lowest BCUT2D eigenvalue weighted by Crippen LogP contribution is -2.65. The number of methoxy groups -OCH3 is 2. The molecule has 2 N–H and O–H groups in total. The number of benzene rings is 3. The molecule has 1 unspecified atom stereocenters. The van der Waals surface area contributed by atoms with Crippen LogP contribution in [0.25, 0.3) is 0 Å². The van der Waals surface area contributed by atoms with Crippen LogP contribution >= 0.6 is 11.8 Å². The molecule has 0 aliphatic carbocycles. The van der Waals surface area contributed by atoms with E-state index < -0.39 is 28.8 Å². The van der Waals surface area contributed by atoms with E-state index in [0.717, 1.165) is 38.9 Å². The molecule has 4 bridgehead atoms. The van der Waals surface area contributed by atoms with Gasteiger partial charge in [-0.15, -0.1) is 11.8 Å². The number of thioether (sulfide) groups is 1. The average molecular weight is 760 g/mol. The molecule has 10 rings (SSSR count). The number of hydrogen-bond acceptors (Lipinski definition) is 14. The fourth-order valence-electron chi connectivity index (χ4n) is 10.2. The summed E-state index contributed by atoms with van der Waals surface area (Å²) in [7, 11) is 7.12. The van der Waals surface area contributed by atoms with Gasteiger partial charge in [0.1, 0.15) is 12.4 Å². The lowest BCUT2D eigenvalue weighted by atomic mass is 9.73. The van der Waals surface area contributed by atoms with Crippen molar-refractivity contribution in [3.63, 3.8) is 0 Å². The number of aryl methyl sites for hydroxylation is 1. The molecule has 1 spiro atoms. The van der Waals surface area contributed by atoms with Crippen molar-refractivity contribution in [2.24, 2.45) is 0 Å². The molecular formula is C40H45N3O10S. The smallest absolute Gasteiger partial charge is 0.332 e. The predicted molar refractivity (Wildman–Crippen MR) is 198 cm³/mol. The molecular weight excluding hydrogens is 715 g/mol. The summed E-state index contributed by atoms with van der Waals surface area (Å²) in [5.74, 6) is 1.76. The van der Waals surface area contributed by atoms with Crippen LogP contribution in [-0.4, -0.2) is 109 Å². The Kier molecular flexibility index (Phi) is 8.24. The third-order valence-electron chi connectivity index (χ3n) is 12.7. The van der Waals surface area contributed by atoms with E-state index in [1.165, 1.54) is 14.0 Å². The van der Waals surface area contributed by atoms with Crippen molar-refractivity contribution < 1.29 is 48.2 Å². The van der Waals surface area contributed by atoms with Gasteiger partial charge in [0.2, 0.25) is 6.79 Å². The summed E-state index contributed by atoms with van der Waals surface area (Å²) in [6.45, 7) is 6.42. The van der Waals surface area contributed by atoms with E-state index in [1.807, 2.05) is 25.8 Å². The van der Waals surface area contributed by atoms with Gasteiger partial charge in [0, 0.05) is 60.1 Å². The van der Waals surface area contributed by atoms with Crippen LogP contribution in [0.3, 0.4) is 0 Å². The third kappa shape index (κ3) is 4.75. The van der Waals surface area contributed by atoms with Crippen molar-refractivity contribution in [1.82, 2.24) is 14.7 Å². The van der Waals surface area contributed by atoms with Crippen LogP contribution in [0.5, 0.6) is 40.2 Å². The molecule has 54 heavy (non-hydrogen) atoms. The number of carbonyl (C=O) groups excluding carboxylic acids is 2. The number of phenols is 2. The van der Waals surface area contributed by atoms with Gasteiger partial charge in [0.15, 0.2) is 40.0 Å². The van der Waals surface area contributed by atoms with Crippen molar-refractivity contribution in [3.05, 3.63) is 62.7 Å². The first-order valence-corrected chi connectivity index (χ1v) is 19.4. The SMILES string of the molecule is COc1cc2c(cc1O)CCN(C)[C@]21CS[C@@H]2c3c(OC(C)=O)c(C)c4c(c3[C@H](COC1=O)N1C[C@@H]3Cc5cc(C)c(OC)c(O)c5[C@H](C21)N3C)OCO4. The summed E-state index contributed by atoms with van der Waals surface area (Å²) in [5.41, 5.74) is 5.34. The van der Waals surface area contributed by atoms with Crippen LogP contribution in [0.4, 0.5) is 0 Å². The molecule has 3 aromatic carbocycles. The Balaban J connectivity index is 1.31. The van der Waals surface area contributed by atoms with Crippen LogP contribution in [0.1, 0.15) is 68.8 Å². The maximum Gasteiger partial charge on any atom is 0.332 e. The maximum absolute atomic E-state index is 14.9. The number of nitrogens with zero attached hydrogens (tertiary/aromatic N) is 3. The topological polar surface area (TPSA) is 140 Å². The van der Waals surface area contributed by atoms with Gasteiger partial charge in [-0.3, -0.25) is 19.5 Å². The van der Waals surface area contributed by atoms with Gasteiger partial charge in [0.25, 0.3) is 0 Å². The van der Waals surface area contributed by atoms with Gasteiger partial charge in [-0.25, -0.2) is 4.79 Å². The largest absolute Gasteiger partial charge is 0.504 e. The Bertz CT molecular complexity index is 2130. The Morgan fingerprint density at radius 3 is 2.50 bits per heavy atom. The van der Waals surface area contributed by atoms with E-state index in [0.29, 0.717) is 54.5 Å². The highest BCUT2D eigenvalue weighted by Crippen LogP contribution is 2.64. The number of aromatic hydroxyl groups is 2. The highest BCUT2D eigenvalue weighted by atomic mass is 32.2. The summed E-state index contributed by atoms with van der Waals surface area (Å²) in [6.07, 6.45) is 1.34. The van der Waals surface area contributed by atoms with E-state index >= 15 is 0 Å². The van der Waals surface area contributed by atoms with E-state index in [1.54, 1.807) is 31.0 Å². The minimum Gasteiger partial charge on any atom is -0.504 e. The van der Waals surface area contributed by atoms with Crippen LogP contribution in [0, 0.1) is 13.8 Å². The fraction of sp³-hybridized carbons (Fsp3) is 0.500.